The van der Waals surface area contributed by atoms with Crippen LogP contribution in [0.1, 0.15) is 24.4 Å². The monoisotopic (exact) mass is 218 g/mol. The van der Waals surface area contributed by atoms with Crippen molar-refractivity contribution in [2.75, 3.05) is 11.9 Å². The van der Waals surface area contributed by atoms with Gasteiger partial charge >= 0.3 is 6.03 Å². The summed E-state index contributed by atoms with van der Waals surface area (Å²) in [6.07, 6.45) is 1.02. The topological polar surface area (TPSA) is 52.6 Å². The van der Waals surface area contributed by atoms with Gasteiger partial charge in [0, 0.05) is 12.2 Å². The molecule has 1 saturated heterocycles. The molecule has 84 valence electrons. The maximum atomic E-state index is 11.8. The molecule has 2 N–H and O–H groups in total. The highest BCUT2D eigenvalue weighted by molar-refractivity contribution is 5.93. The normalized spacial score (nSPS) is 28.1. The minimum absolute atomic E-state index is 0.0358. The fourth-order valence-electron chi connectivity index (χ4n) is 2.57. The molecule has 3 rings (SSSR count). The highest BCUT2D eigenvalue weighted by Crippen LogP contribution is 2.38. The zero-order valence-electron chi connectivity index (χ0n) is 8.89. The van der Waals surface area contributed by atoms with Gasteiger partial charge in [-0.15, -0.1) is 0 Å². The molecule has 2 heterocycles. The molecule has 1 aromatic rings. The van der Waals surface area contributed by atoms with Crippen LogP contribution >= 0.6 is 0 Å². The molecule has 2 aliphatic rings. The Kier molecular flexibility index (Phi) is 2.11. The van der Waals surface area contributed by atoms with Gasteiger partial charge in [0.15, 0.2) is 0 Å². The second-order valence-electron chi connectivity index (χ2n) is 4.40. The molecule has 4 nitrogen and oxygen atoms in total. The standard InChI is InChI=1S/C12H14N2O2/c15-8-5-6-14-11(7-8)9-3-1-2-4-10(9)13-12(14)16/h1-4,8,11,15H,5-7H2,(H,13,16)/t8?,11-/m0/s1. The van der Waals surface area contributed by atoms with E-state index in [1.807, 2.05) is 29.2 Å². The first kappa shape index (κ1) is 9.66. The molecule has 4 heteroatoms. The second kappa shape index (κ2) is 3.49. The molecule has 0 saturated carbocycles. The number of nitrogens with one attached hydrogen (secondary N) is 1. The molecule has 0 bridgehead atoms. The number of para-hydroxylation sites is 1. The number of carbonyl (C=O) groups excluding carboxylic acids is 1. The van der Waals surface area contributed by atoms with Crippen LogP contribution in [-0.2, 0) is 0 Å². The number of nitrogens with zero attached hydrogens (tertiary/aromatic N) is 1. The third-order valence-corrected chi connectivity index (χ3v) is 3.40. The number of anilines is 1. The van der Waals surface area contributed by atoms with E-state index in [-0.39, 0.29) is 18.2 Å². The molecule has 0 spiro atoms. The summed E-state index contributed by atoms with van der Waals surface area (Å²) >= 11 is 0. The van der Waals surface area contributed by atoms with Gasteiger partial charge in [0.25, 0.3) is 0 Å². The van der Waals surface area contributed by atoms with Crippen molar-refractivity contribution >= 4 is 11.7 Å². The molecule has 0 aliphatic carbocycles. The van der Waals surface area contributed by atoms with Crippen molar-refractivity contribution in [3.63, 3.8) is 0 Å². The van der Waals surface area contributed by atoms with Crippen molar-refractivity contribution in [1.29, 1.82) is 0 Å². The summed E-state index contributed by atoms with van der Waals surface area (Å²) in [6, 6.07) is 7.80. The number of carbonyl (C=O) groups is 1. The average molecular weight is 218 g/mol. The van der Waals surface area contributed by atoms with Crippen LogP contribution in [-0.4, -0.2) is 28.7 Å². The summed E-state index contributed by atoms with van der Waals surface area (Å²) in [4.78, 5) is 13.6. The third kappa shape index (κ3) is 1.38. The van der Waals surface area contributed by atoms with E-state index >= 15 is 0 Å². The first-order chi connectivity index (χ1) is 7.75. The van der Waals surface area contributed by atoms with E-state index in [0.717, 1.165) is 11.3 Å². The lowest BCUT2D eigenvalue weighted by atomic mass is 9.91. The van der Waals surface area contributed by atoms with Gasteiger partial charge in [-0.2, -0.15) is 0 Å². The number of amides is 2. The quantitative estimate of drug-likeness (QED) is 0.696. The second-order valence-corrected chi connectivity index (χ2v) is 4.40. The average Bonchev–Trinajstić information content (AvgIpc) is 2.29. The van der Waals surface area contributed by atoms with E-state index < -0.39 is 0 Å². The van der Waals surface area contributed by atoms with Gasteiger partial charge < -0.3 is 15.3 Å². The van der Waals surface area contributed by atoms with E-state index in [2.05, 4.69) is 5.32 Å². The van der Waals surface area contributed by atoms with Crippen molar-refractivity contribution in [1.82, 2.24) is 4.90 Å². The van der Waals surface area contributed by atoms with Crippen LogP contribution < -0.4 is 5.32 Å². The number of urea groups is 1. The fourth-order valence-corrected chi connectivity index (χ4v) is 2.57. The fraction of sp³-hybridized carbons (Fsp3) is 0.417. The van der Waals surface area contributed by atoms with Crippen LogP contribution in [0.4, 0.5) is 10.5 Å². The van der Waals surface area contributed by atoms with Crippen LogP contribution in [0.2, 0.25) is 0 Å². The Bertz CT molecular complexity index is 433. The minimum Gasteiger partial charge on any atom is -0.393 e. The van der Waals surface area contributed by atoms with Crippen molar-refractivity contribution in [3.8, 4) is 0 Å². The first-order valence-electron chi connectivity index (χ1n) is 5.60. The molecule has 1 unspecified atom stereocenters. The van der Waals surface area contributed by atoms with E-state index in [1.54, 1.807) is 0 Å². The van der Waals surface area contributed by atoms with Gasteiger partial charge in [0.1, 0.15) is 0 Å². The van der Waals surface area contributed by atoms with Crippen molar-refractivity contribution < 1.29 is 9.90 Å². The molecule has 1 aromatic carbocycles. The van der Waals surface area contributed by atoms with Gasteiger partial charge in [-0.25, -0.2) is 4.79 Å². The Morgan fingerprint density at radius 2 is 2.19 bits per heavy atom. The van der Waals surface area contributed by atoms with Gasteiger partial charge in [-0.3, -0.25) is 0 Å². The van der Waals surface area contributed by atoms with E-state index in [9.17, 15) is 9.90 Å². The summed E-state index contributed by atoms with van der Waals surface area (Å²) < 4.78 is 0. The molecule has 2 atom stereocenters. The Morgan fingerprint density at radius 1 is 1.38 bits per heavy atom. The summed E-state index contributed by atoms with van der Waals surface area (Å²) in [7, 11) is 0. The predicted octanol–water partition coefficient (Wildman–Crippen LogP) is 1.73. The highest BCUT2D eigenvalue weighted by Gasteiger charge is 2.36. The lowest BCUT2D eigenvalue weighted by Gasteiger charge is -2.42. The van der Waals surface area contributed by atoms with E-state index in [4.69, 9.17) is 0 Å². The van der Waals surface area contributed by atoms with Gasteiger partial charge in [0.2, 0.25) is 0 Å². The van der Waals surface area contributed by atoms with Crippen molar-refractivity contribution in [2.24, 2.45) is 0 Å². The molecule has 0 radical (unpaired) electrons. The zero-order chi connectivity index (χ0) is 11.1. The first-order valence-corrected chi connectivity index (χ1v) is 5.60. The number of hydrogen-bond donors (Lipinski definition) is 2. The van der Waals surface area contributed by atoms with Crippen molar-refractivity contribution in [2.45, 2.75) is 25.0 Å². The number of fused-ring (bicyclic) bond motifs is 3. The van der Waals surface area contributed by atoms with Crippen LogP contribution in [0.15, 0.2) is 24.3 Å². The van der Waals surface area contributed by atoms with Crippen LogP contribution in [0, 0.1) is 0 Å². The Morgan fingerprint density at radius 3 is 3.06 bits per heavy atom. The van der Waals surface area contributed by atoms with E-state index in [0.29, 0.717) is 19.4 Å². The molecule has 1 fully saturated rings. The Balaban J connectivity index is 2.03. The van der Waals surface area contributed by atoms with E-state index in [1.165, 1.54) is 0 Å². The van der Waals surface area contributed by atoms with Gasteiger partial charge in [-0.1, -0.05) is 18.2 Å². The van der Waals surface area contributed by atoms with Gasteiger partial charge in [-0.05, 0) is 24.5 Å². The number of aliphatic hydroxyl groups excluding tert-OH is 1. The Hall–Kier alpha value is -1.55. The lowest BCUT2D eigenvalue weighted by molar-refractivity contribution is 0.0605. The number of hydrogen-bond acceptors (Lipinski definition) is 2. The maximum absolute atomic E-state index is 11.8. The number of piperidine rings is 1. The number of aliphatic hydroxyl groups is 1. The largest absolute Gasteiger partial charge is 0.393 e. The zero-order valence-corrected chi connectivity index (χ0v) is 8.89. The maximum Gasteiger partial charge on any atom is 0.322 e. The molecule has 2 amide bonds. The number of rotatable bonds is 0. The smallest absolute Gasteiger partial charge is 0.322 e. The molecule has 0 aromatic heterocycles. The summed E-state index contributed by atoms with van der Waals surface area (Å²) in [5.41, 5.74) is 1.99. The lowest BCUT2D eigenvalue weighted by Crippen LogP contribution is -2.47. The van der Waals surface area contributed by atoms with Crippen LogP contribution in [0.5, 0.6) is 0 Å². The highest BCUT2D eigenvalue weighted by atomic mass is 16.3. The molecular weight excluding hydrogens is 204 g/mol. The summed E-state index contributed by atoms with van der Waals surface area (Å²) in [5.74, 6) is 0. The third-order valence-electron chi connectivity index (χ3n) is 3.40. The SMILES string of the molecule is O=C1Nc2ccccc2[C@@H]2CC(O)CCN12. The van der Waals surface area contributed by atoms with Crippen molar-refractivity contribution in [3.05, 3.63) is 29.8 Å². The minimum atomic E-state index is -0.291. The molecule has 16 heavy (non-hydrogen) atoms. The van der Waals surface area contributed by atoms with Crippen LogP contribution in [0.3, 0.4) is 0 Å². The molecular formula is C12H14N2O2. The summed E-state index contributed by atoms with van der Waals surface area (Å²) in [6.45, 7) is 0.631. The van der Waals surface area contributed by atoms with Crippen LogP contribution in [0.25, 0.3) is 0 Å². The Labute approximate surface area is 93.9 Å². The molecule has 2 aliphatic heterocycles. The number of benzene rings is 1. The van der Waals surface area contributed by atoms with Gasteiger partial charge in [0.05, 0.1) is 12.1 Å². The summed E-state index contributed by atoms with van der Waals surface area (Å²) in [5, 5.41) is 12.6. The predicted molar refractivity (Wildman–Crippen MR) is 60.1 cm³/mol.